The van der Waals surface area contributed by atoms with Gasteiger partial charge in [0.25, 0.3) is 0 Å². The number of rotatable bonds is 2. The Morgan fingerprint density at radius 3 is 2.90 bits per heavy atom. The van der Waals surface area contributed by atoms with E-state index in [0.29, 0.717) is 0 Å². The van der Waals surface area contributed by atoms with Crippen molar-refractivity contribution in [3.63, 3.8) is 0 Å². The molecule has 0 atom stereocenters. The van der Waals surface area contributed by atoms with Crippen LogP contribution in [0.2, 0.25) is 0 Å². The van der Waals surface area contributed by atoms with Gasteiger partial charge >= 0.3 is 0 Å². The summed E-state index contributed by atoms with van der Waals surface area (Å²) in [4.78, 5) is 4.44. The zero-order valence-corrected chi connectivity index (χ0v) is 6.99. The summed E-state index contributed by atoms with van der Waals surface area (Å²) < 4.78 is 0. The first-order chi connectivity index (χ1) is 4.95. The van der Waals surface area contributed by atoms with Crippen LogP contribution in [0.25, 0.3) is 0 Å². The molecule has 2 aliphatic rings. The van der Waals surface area contributed by atoms with E-state index in [4.69, 9.17) is 0 Å². The van der Waals surface area contributed by atoms with E-state index in [1.807, 2.05) is 11.8 Å². The number of thioether (sulfide) groups is 1. The number of hydrogen-bond acceptors (Lipinski definition) is 2. The molecule has 56 valence electrons. The van der Waals surface area contributed by atoms with Crippen molar-refractivity contribution in [2.45, 2.75) is 25.7 Å². The van der Waals surface area contributed by atoms with Gasteiger partial charge in [-0.3, -0.25) is 4.99 Å². The Kier molecular flexibility index (Phi) is 1.98. The quantitative estimate of drug-likeness (QED) is 0.596. The minimum atomic E-state index is 1.00. The highest BCUT2D eigenvalue weighted by Crippen LogP contribution is 2.32. The van der Waals surface area contributed by atoms with Crippen LogP contribution < -0.4 is 0 Å². The Balaban J connectivity index is 1.77. The lowest BCUT2D eigenvalue weighted by Crippen LogP contribution is -2.13. The van der Waals surface area contributed by atoms with Gasteiger partial charge in [-0.2, -0.15) is 0 Å². The van der Waals surface area contributed by atoms with E-state index in [0.717, 1.165) is 12.5 Å². The highest BCUT2D eigenvalue weighted by Gasteiger charge is 2.20. The minimum Gasteiger partial charge on any atom is -0.282 e. The Morgan fingerprint density at radius 1 is 1.50 bits per heavy atom. The highest BCUT2D eigenvalue weighted by molar-refractivity contribution is 8.14. The molecule has 0 saturated heterocycles. The van der Waals surface area contributed by atoms with Gasteiger partial charge in [-0.15, -0.1) is 11.8 Å². The normalized spacial score (nSPS) is 26.2. The maximum Gasteiger partial charge on any atom is 0.0679 e. The highest BCUT2D eigenvalue weighted by atomic mass is 32.2. The van der Waals surface area contributed by atoms with Crippen molar-refractivity contribution in [3.05, 3.63) is 0 Å². The lowest BCUT2D eigenvalue weighted by atomic mass is 9.83. The van der Waals surface area contributed by atoms with Crippen LogP contribution in [0.1, 0.15) is 25.7 Å². The van der Waals surface area contributed by atoms with Crippen molar-refractivity contribution in [3.8, 4) is 0 Å². The summed E-state index contributed by atoms with van der Waals surface area (Å²) in [5.41, 5.74) is 0. The molecule has 0 aromatic rings. The van der Waals surface area contributed by atoms with Crippen LogP contribution in [0.4, 0.5) is 0 Å². The molecule has 2 rings (SSSR count). The molecule has 0 spiro atoms. The number of nitrogens with zero attached hydrogens (tertiary/aromatic N) is 1. The van der Waals surface area contributed by atoms with Gasteiger partial charge < -0.3 is 0 Å². The first-order valence-electron chi connectivity index (χ1n) is 4.11. The van der Waals surface area contributed by atoms with Crippen LogP contribution >= 0.6 is 11.8 Å². The van der Waals surface area contributed by atoms with Crippen molar-refractivity contribution in [2.75, 3.05) is 12.3 Å². The van der Waals surface area contributed by atoms with Crippen LogP contribution in [0.5, 0.6) is 0 Å². The van der Waals surface area contributed by atoms with E-state index in [-0.39, 0.29) is 0 Å². The molecule has 1 fully saturated rings. The summed E-state index contributed by atoms with van der Waals surface area (Å²) in [6.07, 6.45) is 5.67. The fourth-order valence-electron chi connectivity index (χ4n) is 1.45. The molecular formula is C8H13NS. The molecule has 2 heteroatoms. The molecule has 0 aromatic heterocycles. The molecule has 1 saturated carbocycles. The predicted molar refractivity (Wildman–Crippen MR) is 46.7 cm³/mol. The second kappa shape index (κ2) is 2.95. The molecule has 0 aromatic carbocycles. The Morgan fingerprint density at radius 2 is 2.40 bits per heavy atom. The molecule has 1 aliphatic carbocycles. The molecule has 0 N–H and O–H groups in total. The fraction of sp³-hybridized carbons (Fsp3) is 0.875. The van der Waals surface area contributed by atoms with E-state index < -0.39 is 0 Å². The van der Waals surface area contributed by atoms with Gasteiger partial charge in [0.15, 0.2) is 0 Å². The standard InChI is InChI=1S/C8H13NS/c1-2-7(3-1)6-8-9-4-5-10-8/h7H,1-6H2. The van der Waals surface area contributed by atoms with Crippen LogP contribution in [-0.2, 0) is 0 Å². The van der Waals surface area contributed by atoms with E-state index in [9.17, 15) is 0 Å². The summed E-state index contributed by atoms with van der Waals surface area (Å²) in [7, 11) is 0. The third-order valence-electron chi connectivity index (χ3n) is 2.34. The summed E-state index contributed by atoms with van der Waals surface area (Å²) >= 11 is 1.97. The third-order valence-corrected chi connectivity index (χ3v) is 3.35. The van der Waals surface area contributed by atoms with E-state index in [2.05, 4.69) is 4.99 Å². The molecule has 0 amide bonds. The second-order valence-electron chi connectivity index (χ2n) is 3.12. The molecule has 10 heavy (non-hydrogen) atoms. The molecule has 1 aliphatic heterocycles. The summed E-state index contributed by atoms with van der Waals surface area (Å²) in [6.45, 7) is 1.08. The lowest BCUT2D eigenvalue weighted by Gasteiger charge is -2.24. The maximum absolute atomic E-state index is 4.44. The van der Waals surface area contributed by atoms with E-state index in [1.165, 1.54) is 36.5 Å². The Bertz CT molecular complexity index is 149. The SMILES string of the molecule is C1CC(CC2=NCCS2)C1. The Labute approximate surface area is 66.3 Å². The first kappa shape index (κ1) is 6.71. The average molecular weight is 155 g/mol. The molecule has 0 radical (unpaired) electrons. The smallest absolute Gasteiger partial charge is 0.0679 e. The van der Waals surface area contributed by atoms with Gasteiger partial charge in [0.1, 0.15) is 0 Å². The molecule has 1 heterocycles. The van der Waals surface area contributed by atoms with Crippen LogP contribution in [0, 0.1) is 5.92 Å². The molecule has 0 bridgehead atoms. The molecule has 0 unspecified atom stereocenters. The number of hydrogen-bond donors (Lipinski definition) is 0. The predicted octanol–water partition coefficient (Wildman–Crippen LogP) is 2.32. The van der Waals surface area contributed by atoms with Crippen molar-refractivity contribution in [2.24, 2.45) is 10.9 Å². The van der Waals surface area contributed by atoms with Crippen LogP contribution in [0.3, 0.4) is 0 Å². The van der Waals surface area contributed by atoms with E-state index >= 15 is 0 Å². The summed E-state index contributed by atoms with van der Waals surface area (Å²) in [6, 6.07) is 0. The van der Waals surface area contributed by atoms with Gasteiger partial charge in [-0.1, -0.05) is 19.3 Å². The Hall–Kier alpha value is 0.0200. The van der Waals surface area contributed by atoms with Crippen LogP contribution in [0.15, 0.2) is 4.99 Å². The van der Waals surface area contributed by atoms with Gasteiger partial charge in [-0.25, -0.2) is 0 Å². The molecular weight excluding hydrogens is 142 g/mol. The average Bonchev–Trinajstić information content (AvgIpc) is 2.29. The molecule has 1 nitrogen and oxygen atoms in total. The lowest BCUT2D eigenvalue weighted by molar-refractivity contribution is 0.328. The van der Waals surface area contributed by atoms with Gasteiger partial charge in [0.05, 0.1) is 5.04 Å². The van der Waals surface area contributed by atoms with Crippen molar-refractivity contribution >= 4 is 16.8 Å². The van der Waals surface area contributed by atoms with Crippen molar-refractivity contribution in [1.29, 1.82) is 0 Å². The van der Waals surface area contributed by atoms with Gasteiger partial charge in [0.2, 0.25) is 0 Å². The summed E-state index contributed by atoms with van der Waals surface area (Å²) in [5.74, 6) is 2.24. The summed E-state index contributed by atoms with van der Waals surface area (Å²) in [5, 5.41) is 1.43. The van der Waals surface area contributed by atoms with Crippen LogP contribution in [-0.4, -0.2) is 17.3 Å². The van der Waals surface area contributed by atoms with Crippen molar-refractivity contribution in [1.82, 2.24) is 0 Å². The van der Waals surface area contributed by atoms with Gasteiger partial charge in [-0.05, 0) is 12.3 Å². The number of aliphatic imine (C=N–C) groups is 1. The zero-order valence-electron chi connectivity index (χ0n) is 6.18. The van der Waals surface area contributed by atoms with E-state index in [1.54, 1.807) is 0 Å². The maximum atomic E-state index is 4.44. The zero-order chi connectivity index (χ0) is 6.81. The minimum absolute atomic E-state index is 1.00. The monoisotopic (exact) mass is 155 g/mol. The topological polar surface area (TPSA) is 12.4 Å². The van der Waals surface area contributed by atoms with Gasteiger partial charge in [0, 0.05) is 12.3 Å². The second-order valence-corrected chi connectivity index (χ2v) is 4.29. The fourth-order valence-corrected chi connectivity index (χ4v) is 2.40. The third kappa shape index (κ3) is 1.36. The first-order valence-corrected chi connectivity index (χ1v) is 5.10. The van der Waals surface area contributed by atoms with Crippen molar-refractivity contribution < 1.29 is 0 Å². The largest absolute Gasteiger partial charge is 0.282 e.